The zero-order valence-electron chi connectivity index (χ0n) is 5.28. The van der Waals surface area contributed by atoms with Crippen LogP contribution in [0.25, 0.3) is 0 Å². The first kappa shape index (κ1) is 8.48. The monoisotopic (exact) mass is 237 g/mol. The van der Waals surface area contributed by atoms with Crippen molar-refractivity contribution in [2.75, 3.05) is 6.61 Å². The Hall–Kier alpha value is -0.620. The molecule has 0 fully saturated rings. The van der Waals surface area contributed by atoms with Crippen molar-refractivity contribution in [1.82, 2.24) is 4.98 Å². The molecule has 0 saturated carbocycles. The third kappa shape index (κ3) is 2.85. The van der Waals surface area contributed by atoms with Gasteiger partial charge in [-0.05, 0) is 15.9 Å². The van der Waals surface area contributed by atoms with Gasteiger partial charge in [0.2, 0.25) is 5.88 Å². The number of thiazole rings is 1. The van der Waals surface area contributed by atoms with E-state index >= 15 is 0 Å². The normalized spacial score (nSPS) is 9.55. The average molecular weight is 238 g/mol. The largest absolute Gasteiger partial charge is 0.479 e. The summed E-state index contributed by atoms with van der Waals surface area (Å²) in [5.41, 5.74) is 0. The molecule has 0 unspecified atom stereocenters. The van der Waals surface area contributed by atoms with Gasteiger partial charge in [0.1, 0.15) is 0 Å². The van der Waals surface area contributed by atoms with Gasteiger partial charge < -0.3 is 9.84 Å². The molecule has 1 aromatic rings. The zero-order chi connectivity index (χ0) is 8.27. The number of ether oxygens (including phenoxy) is 1. The molecule has 0 aliphatic rings. The van der Waals surface area contributed by atoms with E-state index in [4.69, 9.17) is 9.84 Å². The van der Waals surface area contributed by atoms with Crippen LogP contribution in [0.2, 0.25) is 0 Å². The summed E-state index contributed by atoms with van der Waals surface area (Å²) in [4.78, 5) is 13.9. The number of rotatable bonds is 3. The van der Waals surface area contributed by atoms with E-state index in [1.54, 1.807) is 5.38 Å². The predicted molar refractivity (Wildman–Crippen MR) is 42.9 cm³/mol. The first-order chi connectivity index (χ1) is 5.18. The highest BCUT2D eigenvalue weighted by atomic mass is 79.9. The van der Waals surface area contributed by atoms with Gasteiger partial charge in [-0.3, -0.25) is 0 Å². The van der Waals surface area contributed by atoms with E-state index in [1.807, 2.05) is 0 Å². The minimum atomic E-state index is -1.01. The molecule has 0 radical (unpaired) electrons. The van der Waals surface area contributed by atoms with E-state index in [1.165, 1.54) is 11.3 Å². The lowest BCUT2D eigenvalue weighted by Crippen LogP contribution is -2.09. The van der Waals surface area contributed by atoms with Crippen molar-refractivity contribution in [2.24, 2.45) is 0 Å². The molecule has 0 bridgehead atoms. The number of carboxylic acids is 1. The standard InChI is InChI=1S/C5H4BrNO3S/c6-5-7-3(2-11-5)10-1-4(8)9/h2H,1H2,(H,8,9). The molecule has 1 heterocycles. The first-order valence-electron chi connectivity index (χ1n) is 2.64. The van der Waals surface area contributed by atoms with E-state index in [9.17, 15) is 4.79 Å². The fourth-order valence-corrected chi connectivity index (χ4v) is 1.36. The van der Waals surface area contributed by atoms with Gasteiger partial charge in [0, 0.05) is 0 Å². The Labute approximate surface area is 75.0 Å². The summed E-state index contributed by atoms with van der Waals surface area (Å²) in [6.45, 7) is -0.351. The molecule has 60 valence electrons. The van der Waals surface area contributed by atoms with Gasteiger partial charge >= 0.3 is 5.97 Å². The third-order valence-corrected chi connectivity index (χ3v) is 2.14. The van der Waals surface area contributed by atoms with Gasteiger partial charge in [-0.15, -0.1) is 11.3 Å². The summed E-state index contributed by atoms with van der Waals surface area (Å²) in [6, 6.07) is 0. The molecule has 0 atom stereocenters. The molecule has 4 nitrogen and oxygen atoms in total. The van der Waals surface area contributed by atoms with Crippen molar-refractivity contribution < 1.29 is 14.6 Å². The van der Waals surface area contributed by atoms with Crippen molar-refractivity contribution in [3.8, 4) is 5.88 Å². The van der Waals surface area contributed by atoms with Crippen molar-refractivity contribution in [3.63, 3.8) is 0 Å². The fourth-order valence-electron chi connectivity index (χ4n) is 0.440. The predicted octanol–water partition coefficient (Wildman–Crippen LogP) is 1.37. The lowest BCUT2D eigenvalue weighted by Gasteiger charge is -1.94. The number of carbonyl (C=O) groups is 1. The van der Waals surface area contributed by atoms with Crippen molar-refractivity contribution >= 4 is 33.2 Å². The van der Waals surface area contributed by atoms with Crippen LogP contribution in [0.1, 0.15) is 0 Å². The minimum Gasteiger partial charge on any atom is -0.479 e. The Morgan fingerprint density at radius 1 is 1.91 bits per heavy atom. The summed E-state index contributed by atoms with van der Waals surface area (Å²) in [6.07, 6.45) is 0. The second-order valence-electron chi connectivity index (χ2n) is 1.62. The first-order valence-corrected chi connectivity index (χ1v) is 4.31. The van der Waals surface area contributed by atoms with Gasteiger partial charge in [-0.25, -0.2) is 4.79 Å². The molecule has 6 heteroatoms. The maximum Gasteiger partial charge on any atom is 0.341 e. The van der Waals surface area contributed by atoms with Crippen LogP contribution in [0.3, 0.4) is 0 Å². The van der Waals surface area contributed by atoms with Crippen LogP contribution < -0.4 is 4.74 Å². The maximum atomic E-state index is 10.0. The van der Waals surface area contributed by atoms with E-state index in [2.05, 4.69) is 20.9 Å². The average Bonchev–Trinajstić information content (AvgIpc) is 2.31. The Morgan fingerprint density at radius 3 is 3.09 bits per heavy atom. The second-order valence-corrected chi connectivity index (χ2v) is 3.76. The number of halogens is 1. The van der Waals surface area contributed by atoms with Crippen molar-refractivity contribution in [1.29, 1.82) is 0 Å². The number of carboxylic acid groups (broad SMARTS) is 1. The van der Waals surface area contributed by atoms with E-state index in [0.29, 0.717) is 9.80 Å². The van der Waals surface area contributed by atoms with Crippen LogP contribution in [0.5, 0.6) is 5.88 Å². The van der Waals surface area contributed by atoms with Crippen LogP contribution >= 0.6 is 27.3 Å². The summed E-state index contributed by atoms with van der Waals surface area (Å²) in [7, 11) is 0. The number of hydrogen-bond acceptors (Lipinski definition) is 4. The molecular weight excluding hydrogens is 234 g/mol. The zero-order valence-corrected chi connectivity index (χ0v) is 7.68. The van der Waals surface area contributed by atoms with Gasteiger partial charge in [0.25, 0.3) is 0 Å². The molecule has 0 aliphatic heterocycles. The van der Waals surface area contributed by atoms with Crippen LogP contribution in [0.4, 0.5) is 0 Å². The fraction of sp³-hybridized carbons (Fsp3) is 0.200. The van der Waals surface area contributed by atoms with Crippen molar-refractivity contribution in [3.05, 3.63) is 9.30 Å². The number of aliphatic carboxylic acids is 1. The lowest BCUT2D eigenvalue weighted by atomic mass is 10.7. The maximum absolute atomic E-state index is 10.0. The van der Waals surface area contributed by atoms with Gasteiger partial charge in [-0.1, -0.05) is 0 Å². The lowest BCUT2D eigenvalue weighted by molar-refractivity contribution is -0.139. The number of aromatic nitrogens is 1. The Bertz CT molecular complexity index is 262. The van der Waals surface area contributed by atoms with Gasteiger partial charge in [0.05, 0.1) is 5.38 Å². The highest BCUT2D eigenvalue weighted by Gasteiger charge is 2.01. The van der Waals surface area contributed by atoms with Gasteiger partial charge in [0.15, 0.2) is 10.5 Å². The molecule has 0 aromatic carbocycles. The molecule has 0 aliphatic carbocycles. The third-order valence-electron chi connectivity index (χ3n) is 0.799. The summed E-state index contributed by atoms with van der Waals surface area (Å²) in [5.74, 6) is -0.668. The number of nitrogens with zero attached hydrogens (tertiary/aromatic N) is 1. The van der Waals surface area contributed by atoms with E-state index in [-0.39, 0.29) is 6.61 Å². The smallest absolute Gasteiger partial charge is 0.341 e. The quantitative estimate of drug-likeness (QED) is 0.863. The molecule has 0 spiro atoms. The Balaban J connectivity index is 2.45. The molecule has 11 heavy (non-hydrogen) atoms. The van der Waals surface area contributed by atoms with E-state index < -0.39 is 5.97 Å². The molecular formula is C5H4BrNO3S. The molecule has 0 amide bonds. The highest BCUT2D eigenvalue weighted by Crippen LogP contribution is 2.20. The molecule has 0 saturated heterocycles. The summed E-state index contributed by atoms with van der Waals surface area (Å²) >= 11 is 4.46. The Morgan fingerprint density at radius 2 is 2.64 bits per heavy atom. The molecule has 1 N–H and O–H groups in total. The second kappa shape index (κ2) is 3.68. The number of hydrogen-bond donors (Lipinski definition) is 1. The van der Waals surface area contributed by atoms with Crippen LogP contribution in [-0.4, -0.2) is 22.7 Å². The van der Waals surface area contributed by atoms with Gasteiger partial charge in [-0.2, -0.15) is 4.98 Å². The van der Waals surface area contributed by atoms with Crippen LogP contribution in [-0.2, 0) is 4.79 Å². The summed E-state index contributed by atoms with van der Waals surface area (Å²) in [5, 5.41) is 9.85. The van der Waals surface area contributed by atoms with E-state index in [0.717, 1.165) is 0 Å². The van der Waals surface area contributed by atoms with Crippen molar-refractivity contribution in [2.45, 2.75) is 0 Å². The van der Waals surface area contributed by atoms with Crippen LogP contribution in [0.15, 0.2) is 9.30 Å². The Kier molecular flexibility index (Phi) is 2.84. The highest BCUT2D eigenvalue weighted by molar-refractivity contribution is 9.11. The molecule has 1 aromatic heterocycles. The van der Waals surface area contributed by atoms with Crippen LogP contribution in [0, 0.1) is 0 Å². The molecule has 1 rings (SSSR count). The topological polar surface area (TPSA) is 59.4 Å². The summed E-state index contributed by atoms with van der Waals surface area (Å²) < 4.78 is 5.44. The SMILES string of the molecule is O=C(O)COc1csc(Br)n1. The minimum absolute atomic E-state index is 0.337.